The van der Waals surface area contributed by atoms with E-state index in [0.717, 1.165) is 11.2 Å². The molecule has 0 amide bonds. The zero-order chi connectivity index (χ0) is 13.2. The van der Waals surface area contributed by atoms with Gasteiger partial charge in [-0.1, -0.05) is 36.7 Å². The van der Waals surface area contributed by atoms with Crippen molar-refractivity contribution in [2.24, 2.45) is 16.7 Å². The van der Waals surface area contributed by atoms with Gasteiger partial charge in [0.1, 0.15) is 0 Å². The molecule has 0 unspecified atom stereocenters. The van der Waals surface area contributed by atoms with Crippen LogP contribution in [0.15, 0.2) is 11.7 Å². The molecule has 1 aliphatic carbocycles. The van der Waals surface area contributed by atoms with Crippen molar-refractivity contribution in [3.05, 3.63) is 16.6 Å². The lowest BCUT2D eigenvalue weighted by molar-refractivity contribution is 0.104. The molecule has 18 heavy (non-hydrogen) atoms. The van der Waals surface area contributed by atoms with Crippen molar-refractivity contribution in [1.29, 1.82) is 0 Å². The molecule has 0 aromatic carbocycles. The van der Waals surface area contributed by atoms with Crippen LogP contribution in [-0.2, 0) is 6.42 Å². The first-order chi connectivity index (χ1) is 8.45. The molecule has 1 aromatic rings. The average Bonchev–Trinajstić information content (AvgIpc) is 2.81. The van der Waals surface area contributed by atoms with E-state index >= 15 is 0 Å². The number of thiazole rings is 1. The van der Waals surface area contributed by atoms with Gasteiger partial charge in [-0.2, -0.15) is 0 Å². The Kier molecular flexibility index (Phi) is 4.53. The monoisotopic (exact) mass is 329 g/mol. The molecule has 0 radical (unpaired) electrons. The summed E-state index contributed by atoms with van der Waals surface area (Å²) in [4.78, 5) is 5.66. The van der Waals surface area contributed by atoms with Crippen LogP contribution >= 0.6 is 27.3 Å². The Balaban J connectivity index is 2.00. The SMILES string of the molecule is CC(C)(C)C1CCC(CBr)(Cc2cncs2)CC1. The van der Waals surface area contributed by atoms with Crippen LogP contribution in [0.25, 0.3) is 0 Å². The third kappa shape index (κ3) is 3.36. The molecule has 3 heteroatoms. The summed E-state index contributed by atoms with van der Waals surface area (Å²) >= 11 is 5.57. The molecule has 102 valence electrons. The van der Waals surface area contributed by atoms with Gasteiger partial charge in [0, 0.05) is 16.4 Å². The summed E-state index contributed by atoms with van der Waals surface area (Å²) in [5.74, 6) is 0.895. The third-order valence-corrected chi connectivity index (χ3v) is 6.56. The van der Waals surface area contributed by atoms with Crippen LogP contribution in [0.2, 0.25) is 0 Å². The molecular formula is C15H24BrNS. The van der Waals surface area contributed by atoms with Gasteiger partial charge < -0.3 is 0 Å². The molecule has 0 bridgehead atoms. The first kappa shape index (κ1) is 14.5. The lowest BCUT2D eigenvalue weighted by atomic mass is 9.64. The summed E-state index contributed by atoms with van der Waals surface area (Å²) in [6, 6.07) is 0. The van der Waals surface area contributed by atoms with Gasteiger partial charge >= 0.3 is 0 Å². The lowest BCUT2D eigenvalue weighted by Crippen LogP contribution is -2.35. The summed E-state index contributed by atoms with van der Waals surface area (Å²) in [6.07, 6.45) is 8.74. The topological polar surface area (TPSA) is 12.9 Å². The maximum atomic E-state index is 4.21. The number of hydrogen-bond acceptors (Lipinski definition) is 2. The summed E-state index contributed by atoms with van der Waals surface area (Å²) < 4.78 is 0. The number of halogens is 1. The van der Waals surface area contributed by atoms with E-state index in [0.29, 0.717) is 10.8 Å². The predicted octanol–water partition coefficient (Wildman–Crippen LogP) is 5.30. The van der Waals surface area contributed by atoms with Gasteiger partial charge in [-0.05, 0) is 48.9 Å². The molecule has 1 heterocycles. The second-order valence-electron chi connectivity index (χ2n) is 6.92. The van der Waals surface area contributed by atoms with Crippen molar-refractivity contribution in [1.82, 2.24) is 4.98 Å². The Morgan fingerprint density at radius 1 is 1.39 bits per heavy atom. The van der Waals surface area contributed by atoms with Gasteiger partial charge in [0.05, 0.1) is 5.51 Å². The Bertz CT molecular complexity index is 358. The quantitative estimate of drug-likeness (QED) is 0.685. The van der Waals surface area contributed by atoms with Crippen LogP contribution in [0.1, 0.15) is 51.3 Å². The van der Waals surface area contributed by atoms with Gasteiger partial charge in [-0.15, -0.1) is 11.3 Å². The molecule has 0 N–H and O–H groups in total. The van der Waals surface area contributed by atoms with Gasteiger partial charge in [-0.25, -0.2) is 0 Å². The van der Waals surface area contributed by atoms with Crippen LogP contribution in [0, 0.1) is 16.7 Å². The number of nitrogens with zero attached hydrogens (tertiary/aromatic N) is 1. The Morgan fingerprint density at radius 3 is 2.50 bits per heavy atom. The van der Waals surface area contributed by atoms with E-state index in [1.54, 1.807) is 11.3 Å². The molecule has 1 aromatic heterocycles. The van der Waals surface area contributed by atoms with Crippen LogP contribution in [0.4, 0.5) is 0 Å². The molecule has 0 spiro atoms. The van der Waals surface area contributed by atoms with Crippen LogP contribution in [0.5, 0.6) is 0 Å². The second-order valence-corrected chi connectivity index (χ2v) is 8.45. The summed E-state index contributed by atoms with van der Waals surface area (Å²) in [7, 11) is 0. The van der Waals surface area contributed by atoms with Crippen LogP contribution in [-0.4, -0.2) is 10.3 Å². The number of rotatable bonds is 3. The lowest BCUT2D eigenvalue weighted by Gasteiger charge is -2.43. The Labute approximate surface area is 124 Å². The second kappa shape index (κ2) is 5.62. The normalized spacial score (nSPS) is 29.4. The van der Waals surface area contributed by atoms with E-state index < -0.39 is 0 Å². The standard InChI is InChI=1S/C15H24BrNS/c1-14(2,3)12-4-6-15(10-16,7-5-12)8-13-9-17-11-18-13/h9,11-12H,4-8,10H2,1-3H3. The maximum Gasteiger partial charge on any atom is 0.0794 e. The fourth-order valence-electron chi connectivity index (χ4n) is 3.15. The highest BCUT2D eigenvalue weighted by Gasteiger charge is 2.38. The minimum Gasteiger partial charge on any atom is -0.253 e. The van der Waals surface area contributed by atoms with E-state index in [2.05, 4.69) is 41.7 Å². The van der Waals surface area contributed by atoms with Gasteiger partial charge in [0.25, 0.3) is 0 Å². The van der Waals surface area contributed by atoms with Crippen LogP contribution < -0.4 is 0 Å². The fourth-order valence-corrected chi connectivity index (χ4v) is 4.68. The highest BCUT2D eigenvalue weighted by molar-refractivity contribution is 9.09. The molecule has 1 nitrogen and oxygen atoms in total. The summed E-state index contributed by atoms with van der Waals surface area (Å²) in [5.41, 5.74) is 2.91. The molecule has 1 saturated carbocycles. The van der Waals surface area contributed by atoms with Gasteiger partial charge in [0.15, 0.2) is 0 Å². The summed E-state index contributed by atoms with van der Waals surface area (Å²) in [5, 5.41) is 1.13. The molecule has 2 rings (SSSR count). The number of aromatic nitrogens is 1. The van der Waals surface area contributed by atoms with E-state index in [-0.39, 0.29) is 0 Å². The zero-order valence-electron chi connectivity index (χ0n) is 11.7. The van der Waals surface area contributed by atoms with Crippen molar-refractivity contribution >= 4 is 27.3 Å². The van der Waals surface area contributed by atoms with Crippen molar-refractivity contribution in [2.45, 2.75) is 52.9 Å². The van der Waals surface area contributed by atoms with Gasteiger partial charge in [-0.3, -0.25) is 4.98 Å². The zero-order valence-corrected chi connectivity index (χ0v) is 14.1. The first-order valence-corrected chi connectivity index (χ1v) is 8.89. The van der Waals surface area contributed by atoms with Crippen molar-refractivity contribution in [3.8, 4) is 0 Å². The Morgan fingerprint density at radius 2 is 2.06 bits per heavy atom. The van der Waals surface area contributed by atoms with E-state index in [9.17, 15) is 0 Å². The maximum absolute atomic E-state index is 4.21. The number of hydrogen-bond donors (Lipinski definition) is 0. The molecule has 0 aliphatic heterocycles. The van der Waals surface area contributed by atoms with E-state index in [1.807, 2.05) is 11.7 Å². The molecule has 0 atom stereocenters. The van der Waals surface area contributed by atoms with Crippen molar-refractivity contribution in [2.75, 3.05) is 5.33 Å². The Hall–Kier alpha value is 0.110. The van der Waals surface area contributed by atoms with Crippen molar-refractivity contribution < 1.29 is 0 Å². The van der Waals surface area contributed by atoms with E-state index in [1.165, 1.54) is 37.0 Å². The van der Waals surface area contributed by atoms with Crippen LogP contribution in [0.3, 0.4) is 0 Å². The fraction of sp³-hybridized carbons (Fsp3) is 0.800. The minimum atomic E-state index is 0.475. The van der Waals surface area contributed by atoms with Crippen molar-refractivity contribution in [3.63, 3.8) is 0 Å². The highest BCUT2D eigenvalue weighted by atomic mass is 79.9. The third-order valence-electron chi connectivity index (χ3n) is 4.59. The van der Waals surface area contributed by atoms with E-state index in [4.69, 9.17) is 0 Å². The highest BCUT2D eigenvalue weighted by Crippen LogP contribution is 2.47. The molecular weight excluding hydrogens is 306 g/mol. The predicted molar refractivity (Wildman–Crippen MR) is 83.5 cm³/mol. The summed E-state index contributed by atoms with van der Waals surface area (Å²) in [6.45, 7) is 7.17. The minimum absolute atomic E-state index is 0.475. The first-order valence-electron chi connectivity index (χ1n) is 6.89. The molecule has 0 saturated heterocycles. The number of alkyl halides is 1. The molecule has 1 fully saturated rings. The largest absolute Gasteiger partial charge is 0.253 e. The average molecular weight is 330 g/mol. The molecule has 1 aliphatic rings. The smallest absolute Gasteiger partial charge is 0.0794 e. The van der Waals surface area contributed by atoms with Gasteiger partial charge in [0.2, 0.25) is 0 Å².